The van der Waals surface area contributed by atoms with Crippen LogP contribution in [0.1, 0.15) is 28.8 Å². The molecule has 0 spiro atoms. The summed E-state index contributed by atoms with van der Waals surface area (Å²) in [7, 11) is 0. The summed E-state index contributed by atoms with van der Waals surface area (Å²) in [5.74, 6) is 0.0300. The fraction of sp³-hybridized carbons (Fsp3) is 0.364. The average molecular weight is 444 g/mol. The van der Waals surface area contributed by atoms with Crippen LogP contribution in [-0.2, 0) is 4.79 Å². The Balaban J connectivity index is 1.77. The summed E-state index contributed by atoms with van der Waals surface area (Å²) in [5.41, 5.74) is 1.75. The number of carbonyl (C=O) groups is 2. The second kappa shape index (κ2) is 9.85. The minimum absolute atomic E-state index is 0.00669. The van der Waals surface area contributed by atoms with E-state index in [0.717, 1.165) is 23.1 Å². The molecule has 2 aromatic carbocycles. The Morgan fingerprint density at radius 2 is 1.71 bits per heavy atom. The van der Waals surface area contributed by atoms with Crippen molar-refractivity contribution in [3.05, 3.63) is 70.2 Å². The van der Waals surface area contributed by atoms with Crippen LogP contribution in [0.4, 0.5) is 0 Å². The van der Waals surface area contributed by atoms with Gasteiger partial charge >= 0.3 is 0 Å². The zero-order valence-electron chi connectivity index (χ0n) is 16.1. The van der Waals surface area contributed by atoms with Crippen molar-refractivity contribution in [2.75, 3.05) is 39.3 Å². The van der Waals surface area contributed by atoms with Crippen LogP contribution in [0.25, 0.3) is 0 Å². The molecular formula is C22H26BrN3O2. The molecule has 1 atom stereocenters. The number of nitrogens with zero attached hydrogens (tertiary/aromatic N) is 2. The molecule has 3 rings (SSSR count). The highest BCUT2D eigenvalue weighted by molar-refractivity contribution is 9.10. The van der Waals surface area contributed by atoms with E-state index in [4.69, 9.17) is 0 Å². The number of nitrogens with one attached hydrogen (secondary N) is 1. The molecule has 2 amide bonds. The molecule has 1 heterocycles. The summed E-state index contributed by atoms with van der Waals surface area (Å²) in [4.78, 5) is 29.5. The molecule has 1 unspecified atom stereocenters. The van der Waals surface area contributed by atoms with Crippen LogP contribution in [0.2, 0.25) is 0 Å². The predicted octanol–water partition coefficient (Wildman–Crippen LogP) is 3.13. The molecule has 0 aromatic heterocycles. The molecule has 1 aliphatic rings. The van der Waals surface area contributed by atoms with Crippen molar-refractivity contribution in [2.24, 2.45) is 0 Å². The highest BCUT2D eigenvalue weighted by atomic mass is 79.9. The predicted molar refractivity (Wildman–Crippen MR) is 114 cm³/mol. The monoisotopic (exact) mass is 443 g/mol. The molecule has 1 fully saturated rings. The lowest BCUT2D eigenvalue weighted by atomic mass is 10.0. The van der Waals surface area contributed by atoms with E-state index in [9.17, 15) is 9.59 Å². The fourth-order valence-corrected chi connectivity index (χ4v) is 3.65. The smallest absolute Gasteiger partial charge is 0.254 e. The number of hydrogen-bond acceptors (Lipinski definition) is 3. The SMILES string of the molecule is CC(CN(CC(=O)N1CCNCC1)C(=O)c1ccc(Br)cc1)c1ccccc1. The third-order valence-corrected chi connectivity index (χ3v) is 5.57. The topological polar surface area (TPSA) is 52.7 Å². The van der Waals surface area contributed by atoms with Gasteiger partial charge in [0, 0.05) is 42.8 Å². The molecule has 0 bridgehead atoms. The second-order valence-corrected chi connectivity index (χ2v) is 8.05. The molecule has 148 valence electrons. The molecule has 28 heavy (non-hydrogen) atoms. The van der Waals surface area contributed by atoms with Crippen molar-refractivity contribution in [1.29, 1.82) is 0 Å². The molecule has 2 aromatic rings. The molecule has 6 heteroatoms. The van der Waals surface area contributed by atoms with E-state index in [2.05, 4.69) is 40.3 Å². The van der Waals surface area contributed by atoms with Crippen molar-refractivity contribution in [2.45, 2.75) is 12.8 Å². The number of hydrogen-bond donors (Lipinski definition) is 1. The van der Waals surface area contributed by atoms with Gasteiger partial charge in [0.1, 0.15) is 6.54 Å². The first-order valence-electron chi connectivity index (χ1n) is 9.63. The first-order valence-corrected chi connectivity index (χ1v) is 10.4. The van der Waals surface area contributed by atoms with Crippen molar-refractivity contribution in [3.8, 4) is 0 Å². The van der Waals surface area contributed by atoms with E-state index in [1.807, 2.05) is 35.2 Å². The molecule has 0 aliphatic carbocycles. The van der Waals surface area contributed by atoms with Gasteiger partial charge in [-0.1, -0.05) is 53.2 Å². The average Bonchev–Trinajstić information content (AvgIpc) is 2.74. The molecular weight excluding hydrogens is 418 g/mol. The van der Waals surface area contributed by atoms with Gasteiger partial charge in [-0.15, -0.1) is 0 Å². The van der Waals surface area contributed by atoms with Crippen LogP contribution in [0, 0.1) is 0 Å². The van der Waals surface area contributed by atoms with E-state index in [0.29, 0.717) is 25.2 Å². The number of halogens is 1. The minimum Gasteiger partial charge on any atom is -0.339 e. The van der Waals surface area contributed by atoms with Gasteiger partial charge in [-0.05, 0) is 35.7 Å². The molecule has 0 saturated carbocycles. The summed E-state index contributed by atoms with van der Waals surface area (Å²) in [6, 6.07) is 17.4. The van der Waals surface area contributed by atoms with Gasteiger partial charge in [0.2, 0.25) is 5.91 Å². The quantitative estimate of drug-likeness (QED) is 0.745. The Hall–Kier alpha value is -2.18. The van der Waals surface area contributed by atoms with E-state index in [1.165, 1.54) is 0 Å². The van der Waals surface area contributed by atoms with Crippen molar-refractivity contribution in [1.82, 2.24) is 15.1 Å². The van der Waals surface area contributed by atoms with E-state index in [-0.39, 0.29) is 24.3 Å². The molecule has 1 saturated heterocycles. The lowest BCUT2D eigenvalue weighted by molar-refractivity contribution is -0.132. The van der Waals surface area contributed by atoms with Crippen molar-refractivity contribution in [3.63, 3.8) is 0 Å². The third kappa shape index (κ3) is 5.42. The van der Waals surface area contributed by atoms with E-state index < -0.39 is 0 Å². The van der Waals surface area contributed by atoms with E-state index >= 15 is 0 Å². The van der Waals surface area contributed by atoms with Gasteiger partial charge in [0.15, 0.2) is 0 Å². The van der Waals surface area contributed by atoms with Crippen LogP contribution >= 0.6 is 15.9 Å². The Bertz CT molecular complexity index is 789. The number of piperazine rings is 1. The Kier molecular flexibility index (Phi) is 7.23. The molecule has 0 radical (unpaired) electrons. The van der Waals surface area contributed by atoms with Gasteiger partial charge in [-0.2, -0.15) is 0 Å². The van der Waals surface area contributed by atoms with Crippen LogP contribution in [0.5, 0.6) is 0 Å². The van der Waals surface area contributed by atoms with Crippen LogP contribution in [0.15, 0.2) is 59.1 Å². The van der Waals surface area contributed by atoms with Crippen molar-refractivity contribution < 1.29 is 9.59 Å². The number of rotatable bonds is 6. The van der Waals surface area contributed by atoms with E-state index in [1.54, 1.807) is 17.0 Å². The van der Waals surface area contributed by atoms with Crippen molar-refractivity contribution >= 4 is 27.7 Å². The maximum absolute atomic E-state index is 13.2. The number of carbonyl (C=O) groups excluding carboxylic acids is 2. The Morgan fingerprint density at radius 3 is 2.36 bits per heavy atom. The standard InChI is InChI=1S/C22H26BrN3O2/c1-17(18-5-3-2-4-6-18)15-26(16-21(27)25-13-11-24-12-14-25)22(28)19-7-9-20(23)10-8-19/h2-10,17,24H,11-16H2,1H3. The zero-order chi connectivity index (χ0) is 19.9. The largest absolute Gasteiger partial charge is 0.339 e. The molecule has 1 N–H and O–H groups in total. The Labute approximate surface area is 174 Å². The number of benzene rings is 2. The first-order chi connectivity index (χ1) is 13.5. The first kappa shape index (κ1) is 20.6. The highest BCUT2D eigenvalue weighted by Gasteiger charge is 2.25. The van der Waals surface area contributed by atoms with Crippen LogP contribution in [0.3, 0.4) is 0 Å². The normalized spacial score (nSPS) is 15.1. The minimum atomic E-state index is -0.112. The summed E-state index contributed by atoms with van der Waals surface area (Å²) >= 11 is 3.40. The maximum atomic E-state index is 13.2. The summed E-state index contributed by atoms with van der Waals surface area (Å²) < 4.78 is 0.921. The summed E-state index contributed by atoms with van der Waals surface area (Å²) in [6.07, 6.45) is 0. The van der Waals surface area contributed by atoms with Gasteiger partial charge < -0.3 is 15.1 Å². The fourth-order valence-electron chi connectivity index (χ4n) is 3.39. The van der Waals surface area contributed by atoms with Gasteiger partial charge in [0.05, 0.1) is 0 Å². The number of amides is 2. The lowest BCUT2D eigenvalue weighted by Gasteiger charge is -2.31. The summed E-state index contributed by atoms with van der Waals surface area (Å²) in [6.45, 7) is 5.66. The molecule has 5 nitrogen and oxygen atoms in total. The van der Waals surface area contributed by atoms with Gasteiger partial charge in [-0.25, -0.2) is 0 Å². The van der Waals surface area contributed by atoms with Gasteiger partial charge in [-0.3, -0.25) is 9.59 Å². The summed E-state index contributed by atoms with van der Waals surface area (Å²) in [5, 5.41) is 3.25. The van der Waals surface area contributed by atoms with Crippen LogP contribution in [-0.4, -0.2) is 60.9 Å². The molecule has 1 aliphatic heterocycles. The third-order valence-electron chi connectivity index (χ3n) is 5.04. The highest BCUT2D eigenvalue weighted by Crippen LogP contribution is 2.19. The van der Waals surface area contributed by atoms with Crippen LogP contribution < -0.4 is 5.32 Å². The maximum Gasteiger partial charge on any atom is 0.254 e. The Morgan fingerprint density at radius 1 is 1.07 bits per heavy atom. The zero-order valence-corrected chi connectivity index (χ0v) is 17.7. The lowest BCUT2D eigenvalue weighted by Crippen LogP contribution is -2.50. The second-order valence-electron chi connectivity index (χ2n) is 7.14. The van der Waals surface area contributed by atoms with Gasteiger partial charge in [0.25, 0.3) is 5.91 Å².